The summed E-state index contributed by atoms with van der Waals surface area (Å²) in [4.78, 5) is 0. The molecular formula is C8H13BO3. The van der Waals surface area contributed by atoms with Gasteiger partial charge in [0, 0.05) is 20.2 Å². The molecule has 1 aliphatic heterocycles. The van der Waals surface area contributed by atoms with Gasteiger partial charge in [0.15, 0.2) is 0 Å². The maximum Gasteiger partial charge on any atom is 0.115 e. The van der Waals surface area contributed by atoms with Gasteiger partial charge in [-0.2, -0.15) is 0 Å². The molecule has 1 fully saturated rings. The van der Waals surface area contributed by atoms with E-state index in [-0.39, 0.29) is 12.2 Å². The Labute approximate surface area is 74.1 Å². The van der Waals surface area contributed by atoms with Crippen molar-refractivity contribution in [3.8, 4) is 0 Å². The van der Waals surface area contributed by atoms with Crippen LogP contribution in [0.4, 0.5) is 0 Å². The Morgan fingerprint density at radius 2 is 2.25 bits per heavy atom. The molecule has 0 aromatic carbocycles. The van der Waals surface area contributed by atoms with Gasteiger partial charge >= 0.3 is 0 Å². The molecule has 0 unspecified atom stereocenters. The molecule has 3 nitrogen and oxygen atoms in total. The van der Waals surface area contributed by atoms with Gasteiger partial charge in [-0.1, -0.05) is 6.58 Å². The van der Waals surface area contributed by atoms with Crippen LogP contribution in [0.5, 0.6) is 0 Å². The van der Waals surface area contributed by atoms with Gasteiger partial charge in [-0.15, -0.1) is 0 Å². The number of ether oxygens (including phenoxy) is 3. The zero-order valence-electron chi connectivity index (χ0n) is 7.45. The van der Waals surface area contributed by atoms with Gasteiger partial charge in [-0.3, -0.25) is 0 Å². The lowest BCUT2D eigenvalue weighted by Crippen LogP contribution is -2.28. The standard InChI is InChI=1S/C8H13BO3/c1-5-7(11-3)6(4-10-2)12-8(5)9/h6-8H,1,4H2,2-3H3/t6-,7+,8-/m1/s1. The van der Waals surface area contributed by atoms with E-state index in [4.69, 9.17) is 22.1 Å². The maximum absolute atomic E-state index is 5.61. The second-order valence-corrected chi connectivity index (χ2v) is 2.78. The molecule has 1 saturated heterocycles. The van der Waals surface area contributed by atoms with Crippen molar-refractivity contribution >= 4 is 7.85 Å². The van der Waals surface area contributed by atoms with Crippen LogP contribution in [0.1, 0.15) is 0 Å². The molecule has 1 heterocycles. The monoisotopic (exact) mass is 168 g/mol. The van der Waals surface area contributed by atoms with E-state index in [2.05, 4.69) is 6.58 Å². The first-order chi connectivity index (χ1) is 5.70. The molecule has 0 aliphatic carbocycles. The topological polar surface area (TPSA) is 27.7 Å². The van der Waals surface area contributed by atoms with E-state index in [0.29, 0.717) is 6.61 Å². The summed E-state index contributed by atoms with van der Waals surface area (Å²) in [5, 5.41) is 0. The van der Waals surface area contributed by atoms with Crippen molar-refractivity contribution in [2.45, 2.75) is 18.2 Å². The first kappa shape index (κ1) is 9.77. The minimum atomic E-state index is -0.421. The molecule has 0 bridgehead atoms. The largest absolute Gasteiger partial charge is 0.382 e. The van der Waals surface area contributed by atoms with Crippen molar-refractivity contribution in [2.75, 3.05) is 20.8 Å². The summed E-state index contributed by atoms with van der Waals surface area (Å²) in [5.74, 6) is 0. The van der Waals surface area contributed by atoms with Crippen LogP contribution in [0.25, 0.3) is 0 Å². The second-order valence-electron chi connectivity index (χ2n) is 2.78. The number of methoxy groups -OCH3 is 2. The first-order valence-corrected chi connectivity index (χ1v) is 3.82. The van der Waals surface area contributed by atoms with Crippen LogP contribution >= 0.6 is 0 Å². The Balaban J connectivity index is 2.58. The lowest BCUT2D eigenvalue weighted by atomic mass is 9.91. The minimum Gasteiger partial charge on any atom is -0.382 e. The normalized spacial score (nSPS) is 35.8. The van der Waals surface area contributed by atoms with Gasteiger partial charge in [-0.25, -0.2) is 0 Å². The quantitative estimate of drug-likeness (QED) is 0.441. The second kappa shape index (κ2) is 4.07. The fourth-order valence-corrected chi connectivity index (χ4v) is 1.34. The Morgan fingerprint density at radius 3 is 2.75 bits per heavy atom. The number of rotatable bonds is 3. The van der Waals surface area contributed by atoms with Gasteiger partial charge in [0.1, 0.15) is 20.1 Å². The lowest BCUT2D eigenvalue weighted by molar-refractivity contribution is -0.0300. The van der Waals surface area contributed by atoms with E-state index in [1.807, 2.05) is 0 Å². The molecule has 4 heteroatoms. The zero-order valence-corrected chi connectivity index (χ0v) is 7.45. The van der Waals surface area contributed by atoms with E-state index in [1.165, 1.54) is 0 Å². The Kier molecular flexibility index (Phi) is 3.32. The summed E-state index contributed by atoms with van der Waals surface area (Å²) in [6, 6.07) is -0.421. The fraction of sp³-hybridized carbons (Fsp3) is 0.750. The molecule has 0 amide bonds. The summed E-state index contributed by atoms with van der Waals surface area (Å²) in [7, 11) is 8.83. The predicted molar refractivity (Wildman–Crippen MR) is 46.2 cm³/mol. The van der Waals surface area contributed by atoms with Gasteiger partial charge in [0.05, 0.1) is 6.61 Å². The predicted octanol–water partition coefficient (Wildman–Crippen LogP) is 0.0974. The van der Waals surface area contributed by atoms with E-state index in [1.54, 1.807) is 14.2 Å². The summed E-state index contributed by atoms with van der Waals surface area (Å²) < 4.78 is 15.5. The van der Waals surface area contributed by atoms with Crippen LogP contribution in [0.3, 0.4) is 0 Å². The Bertz CT molecular complexity index is 172. The van der Waals surface area contributed by atoms with Crippen molar-refractivity contribution in [3.63, 3.8) is 0 Å². The number of hydrogen-bond donors (Lipinski definition) is 0. The highest BCUT2D eigenvalue weighted by atomic mass is 16.6. The molecule has 12 heavy (non-hydrogen) atoms. The molecule has 0 aromatic rings. The summed E-state index contributed by atoms with van der Waals surface area (Å²) in [6.45, 7) is 4.27. The third kappa shape index (κ3) is 1.71. The van der Waals surface area contributed by atoms with Crippen LogP contribution in [0.2, 0.25) is 0 Å². The molecule has 0 saturated carbocycles. The van der Waals surface area contributed by atoms with Crippen molar-refractivity contribution < 1.29 is 14.2 Å². The minimum absolute atomic E-state index is 0.123. The molecule has 1 aliphatic rings. The molecule has 0 N–H and O–H groups in total. The van der Waals surface area contributed by atoms with E-state index < -0.39 is 6.00 Å². The third-order valence-corrected chi connectivity index (χ3v) is 1.97. The van der Waals surface area contributed by atoms with Crippen LogP contribution < -0.4 is 0 Å². The summed E-state index contributed by atoms with van der Waals surface area (Å²) >= 11 is 0. The van der Waals surface area contributed by atoms with Crippen molar-refractivity contribution in [1.82, 2.24) is 0 Å². The van der Waals surface area contributed by atoms with Crippen LogP contribution in [0, 0.1) is 0 Å². The molecular weight excluding hydrogens is 155 g/mol. The molecule has 0 spiro atoms. The smallest absolute Gasteiger partial charge is 0.115 e. The van der Waals surface area contributed by atoms with E-state index in [0.717, 1.165) is 5.57 Å². The molecule has 1 rings (SSSR count). The van der Waals surface area contributed by atoms with Gasteiger partial charge in [0.2, 0.25) is 0 Å². The summed E-state index contributed by atoms with van der Waals surface area (Å²) in [6.07, 6.45) is -0.262. The van der Waals surface area contributed by atoms with Gasteiger partial charge in [-0.05, 0) is 5.57 Å². The van der Waals surface area contributed by atoms with Crippen molar-refractivity contribution in [3.05, 3.63) is 12.2 Å². The van der Waals surface area contributed by atoms with E-state index in [9.17, 15) is 0 Å². The average Bonchev–Trinajstić information content (AvgIpc) is 2.29. The SMILES string of the molecule is [B][C@@H]1O[C@H](COC)[C@@H](OC)C1=C. The molecule has 0 aromatic heterocycles. The van der Waals surface area contributed by atoms with Crippen molar-refractivity contribution in [2.24, 2.45) is 0 Å². The van der Waals surface area contributed by atoms with Gasteiger partial charge < -0.3 is 14.2 Å². The molecule has 66 valence electrons. The third-order valence-electron chi connectivity index (χ3n) is 1.97. The maximum atomic E-state index is 5.61. The first-order valence-electron chi connectivity index (χ1n) is 3.82. The molecule has 3 atom stereocenters. The van der Waals surface area contributed by atoms with Crippen LogP contribution in [-0.4, -0.2) is 46.9 Å². The highest BCUT2D eigenvalue weighted by molar-refractivity contribution is 6.13. The van der Waals surface area contributed by atoms with Gasteiger partial charge in [0.25, 0.3) is 0 Å². The van der Waals surface area contributed by atoms with Crippen LogP contribution in [-0.2, 0) is 14.2 Å². The van der Waals surface area contributed by atoms with Crippen molar-refractivity contribution in [1.29, 1.82) is 0 Å². The number of hydrogen-bond acceptors (Lipinski definition) is 3. The zero-order chi connectivity index (χ0) is 9.14. The average molecular weight is 168 g/mol. The van der Waals surface area contributed by atoms with E-state index >= 15 is 0 Å². The lowest BCUT2D eigenvalue weighted by Gasteiger charge is -2.15. The Morgan fingerprint density at radius 1 is 1.58 bits per heavy atom. The van der Waals surface area contributed by atoms with Crippen LogP contribution in [0.15, 0.2) is 12.2 Å². The molecule has 2 radical (unpaired) electrons. The summed E-state index contributed by atoms with van der Waals surface area (Å²) in [5.41, 5.74) is 0.777. The highest BCUT2D eigenvalue weighted by Crippen LogP contribution is 2.25. The Hall–Kier alpha value is -0.315. The highest BCUT2D eigenvalue weighted by Gasteiger charge is 2.35. The fourth-order valence-electron chi connectivity index (χ4n) is 1.34.